The molecule has 0 aliphatic carbocycles. The lowest BCUT2D eigenvalue weighted by Gasteiger charge is -2.03. The van der Waals surface area contributed by atoms with Gasteiger partial charge in [-0.2, -0.15) is 0 Å². The standard InChI is InChI=1S/C10H12BrNO2/c1-3-4-9(13)7-5-8(11)10(14)12-6(7)2/h5H,3-4H2,1-2H3,(H,12,14). The molecule has 1 aromatic rings. The molecule has 0 saturated heterocycles. The molecule has 0 aliphatic rings. The number of rotatable bonds is 3. The summed E-state index contributed by atoms with van der Waals surface area (Å²) in [6.45, 7) is 3.69. The summed E-state index contributed by atoms with van der Waals surface area (Å²) in [6, 6.07) is 1.59. The van der Waals surface area contributed by atoms with E-state index in [0.29, 0.717) is 22.2 Å². The highest BCUT2D eigenvalue weighted by Crippen LogP contribution is 2.12. The summed E-state index contributed by atoms with van der Waals surface area (Å²) in [4.78, 5) is 25.4. The zero-order chi connectivity index (χ0) is 10.7. The van der Waals surface area contributed by atoms with E-state index in [9.17, 15) is 9.59 Å². The van der Waals surface area contributed by atoms with Crippen molar-refractivity contribution >= 4 is 21.7 Å². The van der Waals surface area contributed by atoms with Gasteiger partial charge in [0, 0.05) is 17.7 Å². The van der Waals surface area contributed by atoms with Gasteiger partial charge < -0.3 is 4.98 Å². The van der Waals surface area contributed by atoms with Crippen molar-refractivity contribution < 1.29 is 4.79 Å². The Morgan fingerprint density at radius 1 is 1.57 bits per heavy atom. The Balaban J connectivity index is 3.16. The number of hydrogen-bond donors (Lipinski definition) is 1. The van der Waals surface area contributed by atoms with Crippen molar-refractivity contribution in [2.24, 2.45) is 0 Å². The van der Waals surface area contributed by atoms with Crippen LogP contribution in [0.3, 0.4) is 0 Å². The Bertz CT molecular complexity index is 409. The van der Waals surface area contributed by atoms with Crippen LogP contribution >= 0.6 is 15.9 Å². The number of halogens is 1. The number of H-pyrrole nitrogens is 1. The predicted molar refractivity (Wildman–Crippen MR) is 58.7 cm³/mol. The average molecular weight is 258 g/mol. The minimum atomic E-state index is -0.199. The van der Waals surface area contributed by atoms with E-state index in [2.05, 4.69) is 20.9 Å². The van der Waals surface area contributed by atoms with Gasteiger partial charge in [0.05, 0.1) is 4.47 Å². The van der Waals surface area contributed by atoms with Gasteiger partial charge >= 0.3 is 0 Å². The van der Waals surface area contributed by atoms with E-state index >= 15 is 0 Å². The number of aromatic nitrogens is 1. The molecule has 14 heavy (non-hydrogen) atoms. The van der Waals surface area contributed by atoms with Crippen molar-refractivity contribution in [3.63, 3.8) is 0 Å². The van der Waals surface area contributed by atoms with Gasteiger partial charge in [0.2, 0.25) is 0 Å². The lowest BCUT2D eigenvalue weighted by atomic mass is 10.1. The molecule has 0 saturated carbocycles. The number of nitrogens with one attached hydrogen (secondary N) is 1. The van der Waals surface area contributed by atoms with E-state index in [0.717, 1.165) is 6.42 Å². The fourth-order valence-electron chi connectivity index (χ4n) is 1.25. The Labute approximate surface area is 90.7 Å². The van der Waals surface area contributed by atoms with Gasteiger partial charge in [-0.05, 0) is 35.3 Å². The van der Waals surface area contributed by atoms with Crippen LogP contribution in [0.15, 0.2) is 15.3 Å². The van der Waals surface area contributed by atoms with E-state index in [1.54, 1.807) is 13.0 Å². The van der Waals surface area contributed by atoms with Crippen molar-refractivity contribution in [1.29, 1.82) is 0 Å². The summed E-state index contributed by atoms with van der Waals surface area (Å²) in [5, 5.41) is 0. The molecule has 0 aliphatic heterocycles. The van der Waals surface area contributed by atoms with Crippen molar-refractivity contribution in [3.8, 4) is 0 Å². The fourth-order valence-corrected chi connectivity index (χ4v) is 1.58. The molecule has 1 rings (SSSR count). The van der Waals surface area contributed by atoms with Crippen molar-refractivity contribution in [2.45, 2.75) is 26.7 Å². The van der Waals surface area contributed by atoms with Crippen LogP contribution in [0.1, 0.15) is 35.8 Å². The second-order valence-corrected chi connectivity index (χ2v) is 4.01. The molecule has 0 bridgehead atoms. The zero-order valence-electron chi connectivity index (χ0n) is 8.19. The molecular weight excluding hydrogens is 246 g/mol. The molecule has 0 spiro atoms. The van der Waals surface area contributed by atoms with Gasteiger partial charge in [0.25, 0.3) is 5.56 Å². The van der Waals surface area contributed by atoms with Gasteiger partial charge in [-0.3, -0.25) is 9.59 Å². The quantitative estimate of drug-likeness (QED) is 0.846. The Morgan fingerprint density at radius 2 is 2.21 bits per heavy atom. The average Bonchev–Trinajstić information content (AvgIpc) is 2.11. The third-order valence-corrected chi connectivity index (χ3v) is 2.56. The number of aromatic amines is 1. The SMILES string of the molecule is CCCC(=O)c1cc(Br)c(=O)[nH]c1C. The summed E-state index contributed by atoms with van der Waals surface area (Å²) in [5.41, 5.74) is 1.03. The first kappa shape index (κ1) is 11.2. The van der Waals surface area contributed by atoms with Gasteiger partial charge in [-0.15, -0.1) is 0 Å². The fraction of sp³-hybridized carbons (Fsp3) is 0.400. The maximum atomic E-state index is 11.6. The predicted octanol–water partition coefficient (Wildman–Crippen LogP) is 2.43. The van der Waals surface area contributed by atoms with Crippen LogP contribution in [-0.2, 0) is 0 Å². The van der Waals surface area contributed by atoms with Crippen LogP contribution < -0.4 is 5.56 Å². The number of carbonyl (C=O) groups excluding carboxylic acids is 1. The minimum absolute atomic E-state index is 0.0713. The third-order valence-electron chi connectivity index (χ3n) is 1.97. The lowest BCUT2D eigenvalue weighted by Crippen LogP contribution is -2.13. The second-order valence-electron chi connectivity index (χ2n) is 3.16. The van der Waals surface area contributed by atoms with Crippen LogP contribution in [-0.4, -0.2) is 10.8 Å². The summed E-state index contributed by atoms with van der Waals surface area (Å²) in [6.07, 6.45) is 1.33. The summed E-state index contributed by atoms with van der Waals surface area (Å²) < 4.78 is 0.405. The van der Waals surface area contributed by atoms with E-state index in [-0.39, 0.29) is 11.3 Å². The Morgan fingerprint density at radius 3 is 2.79 bits per heavy atom. The van der Waals surface area contributed by atoms with Crippen LogP contribution in [0.4, 0.5) is 0 Å². The molecule has 0 radical (unpaired) electrons. The van der Waals surface area contributed by atoms with E-state index in [1.807, 2.05) is 6.92 Å². The molecule has 0 atom stereocenters. The maximum Gasteiger partial charge on any atom is 0.262 e. The smallest absolute Gasteiger partial charge is 0.262 e. The van der Waals surface area contributed by atoms with Crippen LogP contribution in [0, 0.1) is 6.92 Å². The zero-order valence-corrected chi connectivity index (χ0v) is 9.77. The Hall–Kier alpha value is -0.900. The molecule has 0 aromatic carbocycles. The molecule has 0 amide bonds. The third kappa shape index (κ3) is 2.32. The highest BCUT2D eigenvalue weighted by molar-refractivity contribution is 9.10. The van der Waals surface area contributed by atoms with Crippen LogP contribution in [0.25, 0.3) is 0 Å². The van der Waals surface area contributed by atoms with Gasteiger partial charge in [-0.25, -0.2) is 0 Å². The van der Waals surface area contributed by atoms with E-state index in [1.165, 1.54) is 0 Å². The van der Waals surface area contributed by atoms with Crippen molar-refractivity contribution in [3.05, 3.63) is 32.2 Å². The number of pyridine rings is 1. The number of hydrogen-bond acceptors (Lipinski definition) is 2. The number of Topliss-reactive ketones (excluding diaryl/α,β-unsaturated/α-hetero) is 1. The molecule has 3 nitrogen and oxygen atoms in total. The summed E-state index contributed by atoms with van der Waals surface area (Å²) >= 11 is 3.10. The minimum Gasteiger partial charge on any atom is -0.325 e. The highest BCUT2D eigenvalue weighted by Gasteiger charge is 2.10. The van der Waals surface area contributed by atoms with E-state index in [4.69, 9.17) is 0 Å². The van der Waals surface area contributed by atoms with Gasteiger partial charge in [0.15, 0.2) is 5.78 Å². The summed E-state index contributed by atoms with van der Waals surface area (Å²) in [5.74, 6) is 0.0713. The van der Waals surface area contributed by atoms with Gasteiger partial charge in [-0.1, -0.05) is 6.92 Å². The summed E-state index contributed by atoms with van der Waals surface area (Å²) in [7, 11) is 0. The first-order valence-corrected chi connectivity index (χ1v) is 5.28. The van der Waals surface area contributed by atoms with Crippen molar-refractivity contribution in [2.75, 3.05) is 0 Å². The van der Waals surface area contributed by atoms with E-state index < -0.39 is 0 Å². The molecular formula is C10H12BrNO2. The first-order chi connectivity index (χ1) is 6.56. The number of ketones is 1. The molecule has 1 heterocycles. The lowest BCUT2D eigenvalue weighted by molar-refractivity contribution is 0.0980. The Kier molecular flexibility index (Phi) is 3.63. The molecule has 0 unspecified atom stereocenters. The molecule has 0 fully saturated rings. The molecule has 1 N–H and O–H groups in total. The topological polar surface area (TPSA) is 49.9 Å². The molecule has 76 valence electrons. The molecule has 4 heteroatoms. The largest absolute Gasteiger partial charge is 0.325 e. The van der Waals surface area contributed by atoms with Crippen LogP contribution in [0.5, 0.6) is 0 Å². The second kappa shape index (κ2) is 4.55. The van der Waals surface area contributed by atoms with Crippen LogP contribution in [0.2, 0.25) is 0 Å². The molecule has 1 aromatic heterocycles. The van der Waals surface area contributed by atoms with Crippen molar-refractivity contribution in [1.82, 2.24) is 4.98 Å². The highest BCUT2D eigenvalue weighted by atomic mass is 79.9. The number of aryl methyl sites for hydroxylation is 1. The first-order valence-electron chi connectivity index (χ1n) is 4.49. The normalized spacial score (nSPS) is 10.2. The maximum absolute atomic E-state index is 11.6. The monoisotopic (exact) mass is 257 g/mol. The number of carbonyl (C=O) groups is 1. The van der Waals surface area contributed by atoms with Gasteiger partial charge in [0.1, 0.15) is 0 Å².